The lowest BCUT2D eigenvalue weighted by Crippen LogP contribution is -2.40. The van der Waals surface area contributed by atoms with Gasteiger partial charge in [-0.1, -0.05) is 17.8 Å². The molecule has 0 saturated heterocycles. The van der Waals surface area contributed by atoms with E-state index in [1.165, 1.54) is 19.3 Å². The van der Waals surface area contributed by atoms with Gasteiger partial charge in [-0.2, -0.15) is 0 Å². The molecule has 0 amide bonds. The number of nitrogens with zero attached hydrogens (tertiary/aromatic N) is 3. The molecule has 2 unspecified atom stereocenters. The van der Waals surface area contributed by atoms with Crippen LogP contribution < -0.4 is 10.6 Å². The van der Waals surface area contributed by atoms with Gasteiger partial charge in [0.25, 0.3) is 0 Å². The molecule has 1 aromatic rings. The van der Waals surface area contributed by atoms with Gasteiger partial charge in [0.05, 0.1) is 0 Å². The van der Waals surface area contributed by atoms with Gasteiger partial charge in [-0.3, -0.25) is 0 Å². The molecule has 0 aliphatic heterocycles. The molecule has 2 N–H and O–H groups in total. The maximum atomic E-state index is 5.84. The molecule has 0 radical (unpaired) electrons. The summed E-state index contributed by atoms with van der Waals surface area (Å²) in [4.78, 5) is 2.38. The van der Waals surface area contributed by atoms with E-state index in [1.54, 1.807) is 11.3 Å². The number of rotatable bonds is 4. The van der Waals surface area contributed by atoms with Crippen LogP contribution in [0.15, 0.2) is 0 Å². The minimum atomic E-state index is 0.572. The summed E-state index contributed by atoms with van der Waals surface area (Å²) in [6.45, 7) is 5.97. The van der Waals surface area contributed by atoms with Crippen LogP contribution in [0.5, 0.6) is 0 Å². The maximum Gasteiger partial charge on any atom is 0.208 e. The molecule has 0 aromatic carbocycles. The fraction of sp³-hybridized carbons (Fsp3) is 0.818. The molecular formula is C11H20N4S. The predicted octanol–water partition coefficient (Wildman–Crippen LogP) is 1.80. The van der Waals surface area contributed by atoms with Crippen molar-refractivity contribution in [3.05, 3.63) is 5.01 Å². The number of aryl methyl sites for hydroxylation is 1. The third-order valence-electron chi connectivity index (χ3n) is 3.42. The minimum Gasteiger partial charge on any atom is -0.344 e. The molecule has 1 aliphatic rings. The van der Waals surface area contributed by atoms with Crippen LogP contribution in [0.2, 0.25) is 0 Å². The van der Waals surface area contributed by atoms with Crippen molar-refractivity contribution in [1.82, 2.24) is 10.2 Å². The zero-order valence-corrected chi connectivity index (χ0v) is 10.8. The van der Waals surface area contributed by atoms with Crippen LogP contribution in [0.4, 0.5) is 5.13 Å². The molecule has 2 rings (SSSR count). The smallest absolute Gasteiger partial charge is 0.208 e. The minimum absolute atomic E-state index is 0.572. The second-order valence-corrected chi connectivity index (χ2v) is 5.54. The van der Waals surface area contributed by atoms with Gasteiger partial charge in [0, 0.05) is 12.6 Å². The van der Waals surface area contributed by atoms with Crippen molar-refractivity contribution in [1.29, 1.82) is 0 Å². The summed E-state index contributed by atoms with van der Waals surface area (Å²) in [6.07, 6.45) is 3.80. The number of hydrogen-bond acceptors (Lipinski definition) is 5. The summed E-state index contributed by atoms with van der Waals surface area (Å²) >= 11 is 1.68. The topological polar surface area (TPSA) is 55.0 Å². The van der Waals surface area contributed by atoms with Crippen molar-refractivity contribution in [2.75, 3.05) is 18.0 Å². The molecule has 16 heavy (non-hydrogen) atoms. The van der Waals surface area contributed by atoms with Gasteiger partial charge in [0.1, 0.15) is 5.01 Å². The summed E-state index contributed by atoms with van der Waals surface area (Å²) in [5, 5.41) is 10.5. The van der Waals surface area contributed by atoms with Gasteiger partial charge in [-0.25, -0.2) is 0 Å². The van der Waals surface area contributed by atoms with Crippen LogP contribution in [0.1, 0.15) is 31.2 Å². The standard InChI is InChI=1S/C11H20N4S/c1-3-15(11-14-13-8(2)16-11)10-6-4-5-9(10)7-12/h9-10H,3-7,12H2,1-2H3. The van der Waals surface area contributed by atoms with Crippen molar-refractivity contribution in [3.8, 4) is 0 Å². The van der Waals surface area contributed by atoms with Crippen LogP contribution in [0, 0.1) is 12.8 Å². The van der Waals surface area contributed by atoms with E-state index in [0.717, 1.165) is 23.2 Å². The van der Waals surface area contributed by atoms with Gasteiger partial charge in [0.2, 0.25) is 5.13 Å². The van der Waals surface area contributed by atoms with E-state index >= 15 is 0 Å². The first kappa shape index (κ1) is 11.8. The Morgan fingerprint density at radius 1 is 1.44 bits per heavy atom. The van der Waals surface area contributed by atoms with Crippen LogP contribution in [0.3, 0.4) is 0 Å². The summed E-state index contributed by atoms with van der Waals surface area (Å²) in [5.74, 6) is 0.629. The Labute approximate surface area is 101 Å². The summed E-state index contributed by atoms with van der Waals surface area (Å²) < 4.78 is 0. The Morgan fingerprint density at radius 3 is 2.81 bits per heavy atom. The van der Waals surface area contributed by atoms with Gasteiger partial charge in [-0.15, -0.1) is 10.2 Å². The molecule has 1 heterocycles. The molecule has 5 heteroatoms. The van der Waals surface area contributed by atoms with Crippen LogP contribution in [-0.4, -0.2) is 29.3 Å². The van der Waals surface area contributed by atoms with Crippen molar-refractivity contribution < 1.29 is 0 Å². The average Bonchev–Trinajstić information content (AvgIpc) is 2.89. The Bertz CT molecular complexity index is 338. The van der Waals surface area contributed by atoms with E-state index in [1.807, 2.05) is 6.92 Å². The molecule has 1 saturated carbocycles. The SMILES string of the molecule is CCN(c1nnc(C)s1)C1CCCC1CN. The normalized spacial score (nSPS) is 24.9. The third-order valence-corrected chi connectivity index (χ3v) is 4.30. The molecule has 1 fully saturated rings. The number of nitrogens with two attached hydrogens (primary N) is 1. The highest BCUT2D eigenvalue weighted by Gasteiger charge is 2.31. The lowest BCUT2D eigenvalue weighted by atomic mass is 10.0. The monoisotopic (exact) mass is 240 g/mol. The van der Waals surface area contributed by atoms with Crippen molar-refractivity contribution in [2.24, 2.45) is 11.7 Å². The molecule has 0 spiro atoms. The third kappa shape index (κ3) is 2.20. The molecular weight excluding hydrogens is 220 g/mol. The van der Waals surface area contributed by atoms with Crippen molar-refractivity contribution in [3.63, 3.8) is 0 Å². The van der Waals surface area contributed by atoms with E-state index in [9.17, 15) is 0 Å². The summed E-state index contributed by atoms with van der Waals surface area (Å²) in [7, 11) is 0. The van der Waals surface area contributed by atoms with E-state index in [0.29, 0.717) is 12.0 Å². The quantitative estimate of drug-likeness (QED) is 0.872. The van der Waals surface area contributed by atoms with Crippen molar-refractivity contribution in [2.45, 2.75) is 39.2 Å². The van der Waals surface area contributed by atoms with E-state index in [2.05, 4.69) is 22.0 Å². The Morgan fingerprint density at radius 2 is 2.25 bits per heavy atom. The van der Waals surface area contributed by atoms with Crippen LogP contribution in [-0.2, 0) is 0 Å². The van der Waals surface area contributed by atoms with Gasteiger partial charge in [0.15, 0.2) is 0 Å². The molecule has 1 aliphatic carbocycles. The lowest BCUT2D eigenvalue weighted by molar-refractivity contribution is 0.461. The first-order valence-corrected chi connectivity index (χ1v) is 6.84. The van der Waals surface area contributed by atoms with E-state index < -0.39 is 0 Å². The largest absolute Gasteiger partial charge is 0.344 e. The Hall–Kier alpha value is -0.680. The lowest BCUT2D eigenvalue weighted by Gasteiger charge is -2.31. The Kier molecular flexibility index (Phi) is 3.76. The zero-order valence-electron chi connectivity index (χ0n) is 10.0. The van der Waals surface area contributed by atoms with E-state index in [-0.39, 0.29) is 0 Å². The number of anilines is 1. The van der Waals surface area contributed by atoms with Gasteiger partial charge >= 0.3 is 0 Å². The Balaban J connectivity index is 2.15. The molecule has 0 bridgehead atoms. The van der Waals surface area contributed by atoms with Crippen LogP contribution in [0.25, 0.3) is 0 Å². The second-order valence-electron chi connectivity index (χ2n) is 4.38. The molecule has 4 nitrogen and oxygen atoms in total. The molecule has 2 atom stereocenters. The maximum absolute atomic E-state index is 5.84. The number of hydrogen-bond donors (Lipinski definition) is 1. The van der Waals surface area contributed by atoms with E-state index in [4.69, 9.17) is 5.73 Å². The van der Waals surface area contributed by atoms with Gasteiger partial charge in [-0.05, 0) is 39.2 Å². The van der Waals surface area contributed by atoms with Gasteiger partial charge < -0.3 is 10.6 Å². The summed E-state index contributed by atoms with van der Waals surface area (Å²) in [6, 6.07) is 0.572. The average molecular weight is 240 g/mol. The van der Waals surface area contributed by atoms with Crippen molar-refractivity contribution >= 4 is 16.5 Å². The molecule has 1 aromatic heterocycles. The predicted molar refractivity (Wildman–Crippen MR) is 67.8 cm³/mol. The first-order valence-electron chi connectivity index (χ1n) is 6.03. The zero-order chi connectivity index (χ0) is 11.5. The fourth-order valence-electron chi connectivity index (χ4n) is 2.62. The second kappa shape index (κ2) is 5.10. The fourth-order valence-corrected chi connectivity index (χ4v) is 3.43. The number of aromatic nitrogens is 2. The molecule has 90 valence electrons. The first-order chi connectivity index (χ1) is 7.76. The summed E-state index contributed by atoms with van der Waals surface area (Å²) in [5.41, 5.74) is 5.84. The highest BCUT2D eigenvalue weighted by Crippen LogP contribution is 2.33. The highest BCUT2D eigenvalue weighted by molar-refractivity contribution is 7.15. The van der Waals surface area contributed by atoms with Crippen LogP contribution >= 0.6 is 11.3 Å². The highest BCUT2D eigenvalue weighted by atomic mass is 32.1.